The molecule has 1 unspecified atom stereocenters. The summed E-state index contributed by atoms with van der Waals surface area (Å²) in [5, 5.41) is 0. The Morgan fingerprint density at radius 2 is 2.00 bits per heavy atom. The molecule has 4 heteroatoms. The Hall–Kier alpha value is -1.81. The quantitative estimate of drug-likeness (QED) is 0.431. The van der Waals surface area contributed by atoms with Crippen molar-refractivity contribution in [3.8, 4) is 5.75 Å². The van der Waals surface area contributed by atoms with Crippen molar-refractivity contribution in [2.45, 2.75) is 13.2 Å². The first kappa shape index (κ1) is 13.3. The summed E-state index contributed by atoms with van der Waals surface area (Å²) in [6.45, 7) is 5.10. The number of carbonyl (C=O) groups excluding carboxylic acids is 1. The molecule has 92 valence electrons. The maximum atomic E-state index is 11.2. The van der Waals surface area contributed by atoms with Gasteiger partial charge >= 0.3 is 5.97 Å². The van der Waals surface area contributed by atoms with Crippen molar-refractivity contribution in [3.05, 3.63) is 42.5 Å². The second-order valence-electron chi connectivity index (χ2n) is 3.47. The Bertz CT molecular complexity index is 372. The monoisotopic (exact) mass is 236 g/mol. The number of ether oxygens (including phenoxy) is 3. The molecule has 17 heavy (non-hydrogen) atoms. The maximum absolute atomic E-state index is 11.2. The van der Waals surface area contributed by atoms with Gasteiger partial charge in [0.15, 0.2) is 6.61 Å². The van der Waals surface area contributed by atoms with E-state index in [-0.39, 0.29) is 6.61 Å². The average Bonchev–Trinajstić information content (AvgIpc) is 2.35. The molecule has 1 atom stereocenters. The Morgan fingerprint density at radius 1 is 1.35 bits per heavy atom. The van der Waals surface area contributed by atoms with Gasteiger partial charge in [-0.1, -0.05) is 24.8 Å². The van der Waals surface area contributed by atoms with Gasteiger partial charge in [0, 0.05) is 12.7 Å². The van der Waals surface area contributed by atoms with Crippen LogP contribution in [-0.2, 0) is 14.3 Å². The lowest BCUT2D eigenvalue weighted by atomic mass is 10.3. The maximum Gasteiger partial charge on any atom is 0.333 e. The van der Waals surface area contributed by atoms with E-state index in [9.17, 15) is 4.79 Å². The van der Waals surface area contributed by atoms with Gasteiger partial charge in [0.25, 0.3) is 0 Å². The van der Waals surface area contributed by atoms with E-state index in [0.717, 1.165) is 0 Å². The minimum absolute atomic E-state index is 0.0249. The predicted molar refractivity (Wildman–Crippen MR) is 63.6 cm³/mol. The molecule has 4 nitrogen and oxygen atoms in total. The Balaban J connectivity index is 2.44. The lowest BCUT2D eigenvalue weighted by Crippen LogP contribution is -2.26. The van der Waals surface area contributed by atoms with Crippen LogP contribution in [0.15, 0.2) is 42.5 Å². The highest BCUT2D eigenvalue weighted by atomic mass is 16.7. The molecule has 0 aromatic heterocycles. The van der Waals surface area contributed by atoms with Crippen molar-refractivity contribution in [3.63, 3.8) is 0 Å². The molecule has 0 heterocycles. The van der Waals surface area contributed by atoms with Crippen LogP contribution in [0.1, 0.15) is 6.92 Å². The first-order chi connectivity index (χ1) is 8.13. The number of para-hydroxylation sites is 1. The molecule has 1 aromatic carbocycles. The van der Waals surface area contributed by atoms with Gasteiger partial charge in [-0.2, -0.15) is 0 Å². The fourth-order valence-corrected chi connectivity index (χ4v) is 1.07. The van der Waals surface area contributed by atoms with Crippen LogP contribution in [-0.4, -0.2) is 26.0 Å². The molecule has 1 aromatic rings. The van der Waals surface area contributed by atoms with Crippen LogP contribution in [0.2, 0.25) is 0 Å². The highest BCUT2D eigenvalue weighted by molar-refractivity contribution is 5.86. The number of hydrogen-bond donors (Lipinski definition) is 0. The third kappa shape index (κ3) is 4.70. The minimum Gasteiger partial charge on any atom is -0.461 e. The van der Waals surface area contributed by atoms with E-state index in [2.05, 4.69) is 6.58 Å². The third-order valence-electron chi connectivity index (χ3n) is 1.97. The number of benzene rings is 1. The molecule has 0 aliphatic heterocycles. The van der Waals surface area contributed by atoms with Crippen LogP contribution < -0.4 is 4.74 Å². The first-order valence-corrected chi connectivity index (χ1v) is 5.20. The largest absolute Gasteiger partial charge is 0.461 e. The molecule has 0 fully saturated rings. The van der Waals surface area contributed by atoms with Crippen LogP contribution in [0.4, 0.5) is 0 Å². The molecule has 0 bridgehead atoms. The molecular weight excluding hydrogens is 220 g/mol. The van der Waals surface area contributed by atoms with Gasteiger partial charge in [-0.15, -0.1) is 0 Å². The molecule has 0 radical (unpaired) electrons. The topological polar surface area (TPSA) is 44.8 Å². The summed E-state index contributed by atoms with van der Waals surface area (Å²) >= 11 is 0. The van der Waals surface area contributed by atoms with E-state index < -0.39 is 12.3 Å². The molecule has 0 saturated heterocycles. The SMILES string of the molecule is C=C(C)C(=O)OCC(OC)Oc1ccccc1. The van der Waals surface area contributed by atoms with Crippen molar-refractivity contribution >= 4 is 5.97 Å². The van der Waals surface area contributed by atoms with E-state index >= 15 is 0 Å². The van der Waals surface area contributed by atoms with Crippen molar-refractivity contribution in [2.75, 3.05) is 13.7 Å². The number of carbonyl (C=O) groups is 1. The summed E-state index contributed by atoms with van der Waals surface area (Å²) in [5.41, 5.74) is 0.347. The van der Waals surface area contributed by atoms with Gasteiger partial charge < -0.3 is 14.2 Å². The summed E-state index contributed by atoms with van der Waals surface area (Å²) < 4.78 is 15.5. The summed E-state index contributed by atoms with van der Waals surface area (Å²) in [5.74, 6) is 0.203. The molecule has 0 spiro atoms. The van der Waals surface area contributed by atoms with Gasteiger partial charge in [0.2, 0.25) is 6.29 Å². The second kappa shape index (κ2) is 6.70. The number of esters is 1. The number of rotatable bonds is 6. The Morgan fingerprint density at radius 3 is 2.53 bits per heavy atom. The molecule has 0 N–H and O–H groups in total. The molecule has 0 aliphatic carbocycles. The predicted octanol–water partition coefficient (Wildman–Crippen LogP) is 2.16. The summed E-state index contributed by atoms with van der Waals surface area (Å²) in [4.78, 5) is 11.2. The van der Waals surface area contributed by atoms with Gasteiger partial charge in [-0.25, -0.2) is 4.79 Å². The number of hydrogen-bond acceptors (Lipinski definition) is 4. The zero-order valence-electron chi connectivity index (χ0n) is 10.0. The second-order valence-corrected chi connectivity index (χ2v) is 3.47. The smallest absolute Gasteiger partial charge is 0.333 e. The summed E-state index contributed by atoms with van der Waals surface area (Å²) in [6.07, 6.45) is -0.624. The van der Waals surface area contributed by atoms with E-state index in [4.69, 9.17) is 14.2 Å². The zero-order valence-corrected chi connectivity index (χ0v) is 10.0. The third-order valence-corrected chi connectivity index (χ3v) is 1.97. The van der Waals surface area contributed by atoms with E-state index in [1.165, 1.54) is 7.11 Å². The molecule has 1 rings (SSSR count). The lowest BCUT2D eigenvalue weighted by molar-refractivity contribution is -0.152. The minimum atomic E-state index is -0.624. The Labute approximate surface area is 101 Å². The highest BCUT2D eigenvalue weighted by Crippen LogP contribution is 2.11. The normalized spacial score (nSPS) is 11.6. The van der Waals surface area contributed by atoms with E-state index in [1.54, 1.807) is 19.1 Å². The zero-order chi connectivity index (χ0) is 12.7. The highest BCUT2D eigenvalue weighted by Gasteiger charge is 2.12. The van der Waals surface area contributed by atoms with Crippen molar-refractivity contribution < 1.29 is 19.0 Å². The van der Waals surface area contributed by atoms with E-state index in [0.29, 0.717) is 11.3 Å². The molecule has 0 aliphatic rings. The first-order valence-electron chi connectivity index (χ1n) is 5.20. The number of methoxy groups -OCH3 is 1. The van der Waals surface area contributed by atoms with Gasteiger partial charge in [-0.3, -0.25) is 0 Å². The lowest BCUT2D eigenvalue weighted by Gasteiger charge is -2.17. The van der Waals surface area contributed by atoms with Crippen molar-refractivity contribution in [2.24, 2.45) is 0 Å². The van der Waals surface area contributed by atoms with Crippen LogP contribution in [0, 0.1) is 0 Å². The van der Waals surface area contributed by atoms with Crippen LogP contribution in [0.3, 0.4) is 0 Å². The fraction of sp³-hybridized carbons (Fsp3) is 0.308. The molecule has 0 saturated carbocycles. The van der Waals surface area contributed by atoms with Crippen LogP contribution >= 0.6 is 0 Å². The van der Waals surface area contributed by atoms with Crippen LogP contribution in [0.5, 0.6) is 5.75 Å². The van der Waals surface area contributed by atoms with Gasteiger partial charge in [0.05, 0.1) is 0 Å². The fourth-order valence-electron chi connectivity index (χ4n) is 1.07. The molecular formula is C13H16O4. The van der Waals surface area contributed by atoms with Crippen molar-refractivity contribution in [1.29, 1.82) is 0 Å². The van der Waals surface area contributed by atoms with Gasteiger partial charge in [0.1, 0.15) is 5.75 Å². The van der Waals surface area contributed by atoms with Crippen molar-refractivity contribution in [1.82, 2.24) is 0 Å². The average molecular weight is 236 g/mol. The summed E-state index contributed by atoms with van der Waals surface area (Å²) in [7, 11) is 1.49. The summed E-state index contributed by atoms with van der Waals surface area (Å²) in [6, 6.07) is 9.18. The van der Waals surface area contributed by atoms with Crippen LogP contribution in [0.25, 0.3) is 0 Å². The van der Waals surface area contributed by atoms with Gasteiger partial charge in [-0.05, 0) is 19.1 Å². The standard InChI is InChI=1S/C13H16O4/c1-10(2)13(14)16-9-12(15-3)17-11-7-5-4-6-8-11/h4-8,12H,1,9H2,2-3H3. The Kier molecular flexibility index (Phi) is 5.23. The molecule has 0 amide bonds. The van der Waals surface area contributed by atoms with E-state index in [1.807, 2.05) is 18.2 Å².